The smallest absolute Gasteiger partial charge is 0.141 e. The molecule has 19 heavy (non-hydrogen) atoms. The van der Waals surface area contributed by atoms with Crippen molar-refractivity contribution in [3.8, 4) is 11.5 Å². The molecule has 0 spiro atoms. The molecule has 98 valence electrons. The molecule has 0 unspecified atom stereocenters. The second kappa shape index (κ2) is 5.55. The van der Waals surface area contributed by atoms with E-state index < -0.39 is 0 Å². The van der Waals surface area contributed by atoms with Crippen LogP contribution in [0.4, 0.5) is 0 Å². The van der Waals surface area contributed by atoms with Gasteiger partial charge in [-0.05, 0) is 32.0 Å². The second-order valence-corrected chi connectivity index (χ2v) is 5.02. The van der Waals surface area contributed by atoms with E-state index in [0.717, 1.165) is 11.4 Å². The monoisotopic (exact) mass is 292 g/mol. The van der Waals surface area contributed by atoms with Crippen LogP contribution < -0.4 is 10.5 Å². The molecular formula is C14H13ClN2OS. The molecule has 2 N–H and O–H groups in total. The number of aromatic nitrogens is 1. The highest BCUT2D eigenvalue weighted by Crippen LogP contribution is 2.29. The maximum atomic E-state index is 5.93. The summed E-state index contributed by atoms with van der Waals surface area (Å²) in [5.74, 6) is 1.23. The van der Waals surface area contributed by atoms with Gasteiger partial charge in [-0.2, -0.15) is 0 Å². The first-order valence-electron chi connectivity index (χ1n) is 5.69. The van der Waals surface area contributed by atoms with E-state index in [9.17, 15) is 0 Å². The Morgan fingerprint density at radius 1 is 1.32 bits per heavy atom. The molecule has 0 saturated heterocycles. The van der Waals surface area contributed by atoms with Gasteiger partial charge in [-0.1, -0.05) is 29.9 Å². The fourth-order valence-electron chi connectivity index (χ4n) is 1.83. The molecule has 0 bridgehead atoms. The van der Waals surface area contributed by atoms with Gasteiger partial charge in [-0.25, -0.2) is 0 Å². The van der Waals surface area contributed by atoms with Gasteiger partial charge in [0.05, 0.1) is 11.3 Å². The molecule has 0 amide bonds. The van der Waals surface area contributed by atoms with E-state index in [1.807, 2.05) is 32.0 Å². The van der Waals surface area contributed by atoms with Crippen LogP contribution in [0.2, 0.25) is 5.02 Å². The summed E-state index contributed by atoms with van der Waals surface area (Å²) < 4.78 is 5.82. The molecule has 1 aromatic heterocycles. The third-order valence-corrected chi connectivity index (χ3v) is 3.00. The lowest BCUT2D eigenvalue weighted by atomic mass is 10.1. The van der Waals surface area contributed by atoms with Gasteiger partial charge in [0.15, 0.2) is 0 Å². The summed E-state index contributed by atoms with van der Waals surface area (Å²) in [4.78, 5) is 4.61. The minimum absolute atomic E-state index is 0.266. The Morgan fingerprint density at radius 3 is 2.68 bits per heavy atom. The molecule has 0 aliphatic heterocycles. The van der Waals surface area contributed by atoms with Crippen molar-refractivity contribution < 1.29 is 4.74 Å². The minimum atomic E-state index is 0.266. The van der Waals surface area contributed by atoms with E-state index in [-0.39, 0.29) is 4.99 Å². The van der Waals surface area contributed by atoms with Crippen LogP contribution in [-0.2, 0) is 0 Å². The highest BCUT2D eigenvalue weighted by atomic mass is 35.5. The first-order chi connectivity index (χ1) is 8.97. The molecule has 0 fully saturated rings. The Bertz CT molecular complexity index is 643. The van der Waals surface area contributed by atoms with Crippen LogP contribution in [0, 0.1) is 13.8 Å². The number of ether oxygens (including phenoxy) is 1. The van der Waals surface area contributed by atoms with Gasteiger partial charge in [0.1, 0.15) is 16.5 Å². The minimum Gasteiger partial charge on any atom is -0.456 e. The summed E-state index contributed by atoms with van der Waals surface area (Å²) in [7, 11) is 0. The van der Waals surface area contributed by atoms with Crippen LogP contribution in [0.3, 0.4) is 0 Å². The van der Waals surface area contributed by atoms with E-state index in [4.69, 9.17) is 34.3 Å². The molecule has 0 aliphatic carbocycles. The molecule has 0 atom stereocenters. The second-order valence-electron chi connectivity index (χ2n) is 4.15. The molecule has 1 aromatic carbocycles. The van der Waals surface area contributed by atoms with Gasteiger partial charge in [-0.15, -0.1) is 0 Å². The Morgan fingerprint density at radius 2 is 2.05 bits per heavy atom. The van der Waals surface area contributed by atoms with E-state index in [0.29, 0.717) is 22.1 Å². The highest BCUT2D eigenvalue weighted by molar-refractivity contribution is 7.80. The molecule has 1 heterocycles. The van der Waals surface area contributed by atoms with Gasteiger partial charge >= 0.3 is 0 Å². The number of aryl methyl sites for hydroxylation is 2. The SMILES string of the molecule is Cc1cc(Oc2cccc(Cl)c2)c(C(N)=S)c(C)n1. The van der Waals surface area contributed by atoms with E-state index in [1.54, 1.807) is 12.1 Å². The molecule has 2 rings (SSSR count). The fourth-order valence-corrected chi connectivity index (χ4v) is 2.26. The Balaban J connectivity index is 2.47. The summed E-state index contributed by atoms with van der Waals surface area (Å²) in [6.07, 6.45) is 0. The average molecular weight is 293 g/mol. The summed E-state index contributed by atoms with van der Waals surface area (Å²) in [5.41, 5.74) is 7.98. The van der Waals surface area contributed by atoms with Crippen LogP contribution in [0.25, 0.3) is 0 Å². The fraction of sp³-hybridized carbons (Fsp3) is 0.143. The van der Waals surface area contributed by atoms with Crippen LogP contribution >= 0.6 is 23.8 Å². The van der Waals surface area contributed by atoms with E-state index >= 15 is 0 Å². The largest absolute Gasteiger partial charge is 0.456 e. The summed E-state index contributed by atoms with van der Waals surface area (Å²) in [6, 6.07) is 8.96. The Kier molecular flexibility index (Phi) is 4.02. The molecule has 0 aliphatic rings. The maximum absolute atomic E-state index is 5.93. The van der Waals surface area contributed by atoms with Crippen molar-refractivity contribution in [1.82, 2.24) is 4.98 Å². The number of nitrogens with zero attached hydrogens (tertiary/aromatic N) is 1. The van der Waals surface area contributed by atoms with Crippen molar-refractivity contribution in [2.45, 2.75) is 13.8 Å². The standard InChI is InChI=1S/C14H13ClN2OS/c1-8-6-12(13(14(16)19)9(2)17-8)18-11-5-3-4-10(15)7-11/h3-7H,1-2H3,(H2,16,19). The summed E-state index contributed by atoms with van der Waals surface area (Å²) in [5, 5.41) is 0.608. The molecule has 0 radical (unpaired) electrons. The molecule has 3 nitrogen and oxygen atoms in total. The number of pyridine rings is 1. The number of halogens is 1. The zero-order valence-electron chi connectivity index (χ0n) is 10.6. The lowest BCUT2D eigenvalue weighted by Crippen LogP contribution is -2.14. The molecular weight excluding hydrogens is 280 g/mol. The number of hydrogen-bond donors (Lipinski definition) is 1. The van der Waals surface area contributed by atoms with Gasteiger partial charge < -0.3 is 10.5 Å². The van der Waals surface area contributed by atoms with Crippen LogP contribution in [0.15, 0.2) is 30.3 Å². The van der Waals surface area contributed by atoms with Crippen LogP contribution in [0.1, 0.15) is 17.0 Å². The van der Waals surface area contributed by atoms with Crippen molar-refractivity contribution in [3.63, 3.8) is 0 Å². The predicted octanol–water partition coefficient (Wildman–Crippen LogP) is 3.78. The molecule has 2 aromatic rings. The highest BCUT2D eigenvalue weighted by Gasteiger charge is 2.13. The summed E-state index contributed by atoms with van der Waals surface area (Å²) in [6.45, 7) is 3.74. The molecule has 0 saturated carbocycles. The lowest BCUT2D eigenvalue weighted by Gasteiger charge is -2.13. The van der Waals surface area contributed by atoms with Crippen LogP contribution in [0.5, 0.6) is 11.5 Å². The average Bonchev–Trinajstić information content (AvgIpc) is 2.26. The van der Waals surface area contributed by atoms with Gasteiger partial charge in [-0.3, -0.25) is 4.98 Å². The quantitative estimate of drug-likeness (QED) is 0.875. The van der Waals surface area contributed by atoms with Crippen LogP contribution in [-0.4, -0.2) is 9.97 Å². The van der Waals surface area contributed by atoms with E-state index in [2.05, 4.69) is 4.98 Å². The first kappa shape index (κ1) is 13.8. The van der Waals surface area contributed by atoms with Gasteiger partial charge in [0.2, 0.25) is 0 Å². The van der Waals surface area contributed by atoms with Gasteiger partial charge in [0, 0.05) is 16.8 Å². The Labute approximate surface area is 122 Å². The number of benzene rings is 1. The first-order valence-corrected chi connectivity index (χ1v) is 6.47. The number of thiocarbonyl (C=S) groups is 1. The zero-order chi connectivity index (χ0) is 14.0. The Hall–Kier alpha value is -1.65. The van der Waals surface area contributed by atoms with Crippen molar-refractivity contribution >= 4 is 28.8 Å². The number of rotatable bonds is 3. The number of nitrogens with two attached hydrogens (primary N) is 1. The number of hydrogen-bond acceptors (Lipinski definition) is 3. The topological polar surface area (TPSA) is 48.1 Å². The van der Waals surface area contributed by atoms with Gasteiger partial charge in [0.25, 0.3) is 0 Å². The van der Waals surface area contributed by atoms with Crippen molar-refractivity contribution in [2.75, 3.05) is 0 Å². The third kappa shape index (κ3) is 3.22. The van der Waals surface area contributed by atoms with Crippen molar-refractivity contribution in [3.05, 3.63) is 52.3 Å². The predicted molar refractivity (Wildman–Crippen MR) is 81.1 cm³/mol. The lowest BCUT2D eigenvalue weighted by molar-refractivity contribution is 0.480. The third-order valence-electron chi connectivity index (χ3n) is 2.56. The summed E-state index contributed by atoms with van der Waals surface area (Å²) >= 11 is 11.0. The zero-order valence-corrected chi connectivity index (χ0v) is 12.2. The molecule has 5 heteroatoms. The van der Waals surface area contributed by atoms with Crippen molar-refractivity contribution in [1.29, 1.82) is 0 Å². The maximum Gasteiger partial charge on any atom is 0.141 e. The van der Waals surface area contributed by atoms with E-state index in [1.165, 1.54) is 0 Å². The van der Waals surface area contributed by atoms with Crippen molar-refractivity contribution in [2.24, 2.45) is 5.73 Å². The normalized spacial score (nSPS) is 10.3.